The second kappa shape index (κ2) is 7.08. The molecule has 1 aliphatic heterocycles. The number of nitrogens with zero attached hydrogens (tertiary/aromatic N) is 3. The first-order chi connectivity index (χ1) is 13.3. The summed E-state index contributed by atoms with van der Waals surface area (Å²) in [6.07, 6.45) is 2.54. The summed E-state index contributed by atoms with van der Waals surface area (Å²) in [5, 5.41) is 3.57. The zero-order chi connectivity index (χ0) is 20.2. The van der Waals surface area contributed by atoms with Gasteiger partial charge in [0.25, 0.3) is 5.56 Å². The molecule has 0 spiro atoms. The van der Waals surface area contributed by atoms with Crippen molar-refractivity contribution in [2.24, 2.45) is 5.92 Å². The Kier molecular flexibility index (Phi) is 4.87. The van der Waals surface area contributed by atoms with Gasteiger partial charge in [-0.3, -0.25) is 9.36 Å². The molecule has 1 aliphatic carbocycles. The molecule has 1 saturated heterocycles. The lowest BCUT2D eigenvalue weighted by atomic mass is 10.1. The van der Waals surface area contributed by atoms with Crippen LogP contribution < -0.4 is 27.3 Å². The van der Waals surface area contributed by atoms with E-state index in [1.807, 2.05) is 4.90 Å². The molecule has 28 heavy (non-hydrogen) atoms. The van der Waals surface area contributed by atoms with Crippen LogP contribution in [0.5, 0.6) is 0 Å². The zero-order valence-corrected chi connectivity index (χ0v) is 16.8. The maximum Gasteiger partial charge on any atom is 0.350 e. The predicted octanol–water partition coefficient (Wildman–Crippen LogP) is 1.83. The number of aromatic nitrogens is 2. The molecule has 7 nitrogen and oxygen atoms in total. The van der Waals surface area contributed by atoms with Gasteiger partial charge < -0.3 is 16.1 Å². The van der Waals surface area contributed by atoms with Crippen molar-refractivity contribution < 1.29 is 4.39 Å². The molecule has 1 unspecified atom stereocenters. The number of nitrogens with one attached hydrogen (secondary N) is 1. The number of nitrogen functional groups attached to an aromatic ring is 1. The molecule has 2 heterocycles. The number of benzene rings is 1. The fraction of sp³-hybridized carbons (Fsp3) is 0.579. The average molecular weight is 410 g/mol. The van der Waals surface area contributed by atoms with E-state index in [-0.39, 0.29) is 22.1 Å². The number of fused-ring (bicyclic) bond motifs is 1. The van der Waals surface area contributed by atoms with Crippen molar-refractivity contribution in [3.05, 3.63) is 37.7 Å². The Labute approximate surface area is 166 Å². The van der Waals surface area contributed by atoms with E-state index >= 15 is 4.39 Å². The molecule has 9 heteroatoms. The summed E-state index contributed by atoms with van der Waals surface area (Å²) in [5.41, 5.74) is -0.783. The van der Waals surface area contributed by atoms with Gasteiger partial charge in [0, 0.05) is 25.2 Å². The molecule has 0 amide bonds. The van der Waals surface area contributed by atoms with Crippen molar-refractivity contribution in [1.82, 2.24) is 14.6 Å². The molecular weight excluding hydrogens is 385 g/mol. The first kappa shape index (κ1) is 19.3. The molecule has 0 bridgehead atoms. The summed E-state index contributed by atoms with van der Waals surface area (Å²) in [6, 6.07) is 1.50. The third-order valence-corrected chi connectivity index (χ3v) is 5.96. The van der Waals surface area contributed by atoms with E-state index in [4.69, 9.17) is 17.4 Å². The number of rotatable bonds is 5. The monoisotopic (exact) mass is 409 g/mol. The molecule has 4 rings (SSSR count). The van der Waals surface area contributed by atoms with E-state index in [1.165, 1.54) is 10.6 Å². The van der Waals surface area contributed by atoms with Crippen LogP contribution in [0, 0.1) is 11.7 Å². The first-order valence-electron chi connectivity index (χ1n) is 9.72. The normalized spacial score (nSPS) is 19.9. The van der Waals surface area contributed by atoms with Crippen LogP contribution in [0.25, 0.3) is 10.9 Å². The fourth-order valence-corrected chi connectivity index (χ4v) is 4.39. The van der Waals surface area contributed by atoms with E-state index in [9.17, 15) is 9.59 Å². The molecule has 2 fully saturated rings. The SMILES string of the molecule is CC(C)NCC1CCN(c2c(F)cc3c(=O)n(N)c(=O)n(C4CC4)c3c2Cl)C1. The number of hydrogen-bond acceptors (Lipinski definition) is 5. The van der Waals surface area contributed by atoms with Gasteiger partial charge >= 0.3 is 5.69 Å². The summed E-state index contributed by atoms with van der Waals surface area (Å²) in [7, 11) is 0. The minimum Gasteiger partial charge on any atom is -0.368 e. The predicted molar refractivity (Wildman–Crippen MR) is 109 cm³/mol. The van der Waals surface area contributed by atoms with Gasteiger partial charge in [-0.2, -0.15) is 4.68 Å². The van der Waals surface area contributed by atoms with E-state index in [1.54, 1.807) is 0 Å². The van der Waals surface area contributed by atoms with Gasteiger partial charge in [0.2, 0.25) is 0 Å². The Balaban J connectivity index is 1.81. The lowest BCUT2D eigenvalue weighted by Crippen LogP contribution is -2.44. The number of nitrogens with two attached hydrogens (primary N) is 1. The van der Waals surface area contributed by atoms with Crippen LogP contribution in [-0.2, 0) is 0 Å². The van der Waals surface area contributed by atoms with E-state index in [0.29, 0.717) is 35.2 Å². The van der Waals surface area contributed by atoms with Crippen molar-refractivity contribution in [3.8, 4) is 0 Å². The second-order valence-corrected chi connectivity index (χ2v) is 8.52. The smallest absolute Gasteiger partial charge is 0.350 e. The lowest BCUT2D eigenvalue weighted by molar-refractivity contribution is 0.480. The highest BCUT2D eigenvalue weighted by molar-refractivity contribution is 6.38. The summed E-state index contributed by atoms with van der Waals surface area (Å²) >= 11 is 6.63. The van der Waals surface area contributed by atoms with E-state index in [2.05, 4.69) is 19.2 Å². The topological polar surface area (TPSA) is 85.3 Å². The first-order valence-corrected chi connectivity index (χ1v) is 10.1. The van der Waals surface area contributed by atoms with Crippen LogP contribution in [0.1, 0.15) is 39.2 Å². The molecule has 1 aromatic heterocycles. The number of halogens is 2. The average Bonchev–Trinajstić information content (AvgIpc) is 3.37. The molecule has 152 valence electrons. The van der Waals surface area contributed by atoms with Crippen LogP contribution in [0.4, 0.5) is 10.1 Å². The van der Waals surface area contributed by atoms with E-state index < -0.39 is 17.1 Å². The molecule has 2 aromatic rings. The van der Waals surface area contributed by atoms with Gasteiger partial charge in [0.1, 0.15) is 5.82 Å². The maximum atomic E-state index is 15.0. The molecular formula is C19H25ClFN5O2. The lowest BCUT2D eigenvalue weighted by Gasteiger charge is -2.23. The Bertz CT molecular complexity index is 1040. The quantitative estimate of drug-likeness (QED) is 0.736. The minimum absolute atomic E-state index is 0.0393. The van der Waals surface area contributed by atoms with Gasteiger partial charge in [-0.1, -0.05) is 25.4 Å². The van der Waals surface area contributed by atoms with Crippen molar-refractivity contribution in [1.29, 1.82) is 0 Å². The summed E-state index contributed by atoms with van der Waals surface area (Å²) in [5.74, 6) is 5.46. The highest BCUT2D eigenvalue weighted by Gasteiger charge is 2.33. The molecule has 3 N–H and O–H groups in total. The van der Waals surface area contributed by atoms with Gasteiger partial charge in [-0.05, 0) is 37.8 Å². The van der Waals surface area contributed by atoms with Crippen molar-refractivity contribution in [3.63, 3.8) is 0 Å². The molecule has 2 aliphatic rings. The standard InChI is InChI=1S/C19H25ClFN5O2/c1-10(2)23-8-11-5-6-24(9-11)17-14(21)7-13-16(15(17)20)25(12-3-4-12)19(28)26(22)18(13)27/h7,10-12,23H,3-6,8-9,22H2,1-2H3. The van der Waals surface area contributed by atoms with E-state index in [0.717, 1.165) is 25.8 Å². The number of hydrogen-bond donors (Lipinski definition) is 2. The summed E-state index contributed by atoms with van der Waals surface area (Å²) in [4.78, 5) is 27.0. The molecule has 1 atom stereocenters. The Morgan fingerprint density at radius 2 is 2.04 bits per heavy atom. The fourth-order valence-electron chi connectivity index (χ4n) is 3.99. The Hall–Kier alpha value is -2.06. The molecule has 0 radical (unpaired) electrons. The largest absolute Gasteiger partial charge is 0.368 e. The van der Waals surface area contributed by atoms with Gasteiger partial charge in [0.05, 0.1) is 21.6 Å². The maximum absolute atomic E-state index is 15.0. The highest BCUT2D eigenvalue weighted by atomic mass is 35.5. The Morgan fingerprint density at radius 1 is 1.32 bits per heavy atom. The number of anilines is 1. The van der Waals surface area contributed by atoms with Gasteiger partial charge in [-0.15, -0.1) is 0 Å². The summed E-state index contributed by atoms with van der Waals surface area (Å²) < 4.78 is 17.0. The van der Waals surface area contributed by atoms with Gasteiger partial charge in [0.15, 0.2) is 0 Å². The van der Waals surface area contributed by atoms with Crippen molar-refractivity contribution >= 4 is 28.2 Å². The van der Waals surface area contributed by atoms with Crippen molar-refractivity contribution in [2.45, 2.75) is 45.2 Å². The van der Waals surface area contributed by atoms with Crippen molar-refractivity contribution in [2.75, 3.05) is 30.4 Å². The third-order valence-electron chi connectivity index (χ3n) is 5.60. The second-order valence-electron chi connectivity index (χ2n) is 8.14. The summed E-state index contributed by atoms with van der Waals surface area (Å²) in [6.45, 7) is 6.38. The Morgan fingerprint density at radius 3 is 2.68 bits per heavy atom. The minimum atomic E-state index is -0.732. The van der Waals surface area contributed by atoms with Crippen LogP contribution in [-0.4, -0.2) is 34.9 Å². The van der Waals surface area contributed by atoms with Crippen LogP contribution in [0.3, 0.4) is 0 Å². The zero-order valence-electron chi connectivity index (χ0n) is 16.0. The third kappa shape index (κ3) is 3.18. The van der Waals surface area contributed by atoms with Crippen LogP contribution >= 0.6 is 11.6 Å². The molecule has 1 saturated carbocycles. The van der Waals surface area contributed by atoms with Crippen LogP contribution in [0.15, 0.2) is 15.7 Å². The van der Waals surface area contributed by atoms with Crippen LogP contribution in [0.2, 0.25) is 5.02 Å². The highest BCUT2D eigenvalue weighted by Crippen LogP contribution is 2.41. The van der Waals surface area contributed by atoms with Gasteiger partial charge in [-0.25, -0.2) is 9.18 Å². The molecule has 1 aromatic carbocycles.